The highest BCUT2D eigenvalue weighted by atomic mass is 19.4. The molecule has 0 atom stereocenters. The van der Waals surface area contributed by atoms with Crippen LogP contribution in [0.1, 0.15) is 17.8 Å². The second-order valence-electron chi connectivity index (χ2n) is 3.01. The molecule has 0 saturated carbocycles. The number of aromatic nitrogens is 1. The fourth-order valence-electron chi connectivity index (χ4n) is 1.16. The van der Waals surface area contributed by atoms with Gasteiger partial charge in [0.15, 0.2) is 5.75 Å². The Bertz CT molecular complexity index is 405. The summed E-state index contributed by atoms with van der Waals surface area (Å²) in [5.74, 6) is -1.12. The lowest BCUT2D eigenvalue weighted by Crippen LogP contribution is -2.19. The maximum atomic E-state index is 12.5. The lowest BCUT2D eigenvalue weighted by atomic mass is 10.2. The molecule has 0 aromatic carbocycles. The lowest BCUT2D eigenvalue weighted by molar-refractivity contribution is -0.275. The van der Waals surface area contributed by atoms with Crippen molar-refractivity contribution >= 4 is 0 Å². The van der Waals surface area contributed by atoms with E-state index >= 15 is 0 Å². The molecule has 0 spiro atoms. The van der Waals surface area contributed by atoms with Gasteiger partial charge in [0.05, 0.1) is 12.8 Å². The Morgan fingerprint density at radius 3 is 2.24 bits per heavy atom. The molecule has 0 aliphatic carbocycles. The fourth-order valence-corrected chi connectivity index (χ4v) is 1.16. The third kappa shape index (κ3) is 3.43. The van der Waals surface area contributed by atoms with Crippen LogP contribution in [-0.4, -0.2) is 18.5 Å². The molecule has 1 heterocycles. The first-order valence-electron chi connectivity index (χ1n) is 4.34. The van der Waals surface area contributed by atoms with Crippen LogP contribution in [0.5, 0.6) is 11.5 Å². The molecule has 0 amide bonds. The first-order chi connectivity index (χ1) is 7.74. The van der Waals surface area contributed by atoms with Crippen molar-refractivity contribution in [1.82, 2.24) is 4.98 Å². The third-order valence-electron chi connectivity index (χ3n) is 1.81. The van der Waals surface area contributed by atoms with Crippen molar-refractivity contribution in [1.29, 1.82) is 0 Å². The standard InChI is InChI=1S/C9H8F5NO2/c1-4-5(16-2)3-6(17-9(12,13)14)7(15-4)8(10)11/h3,8H,1-2H3. The van der Waals surface area contributed by atoms with E-state index in [1.54, 1.807) is 0 Å². The number of alkyl halides is 5. The minimum atomic E-state index is -5.06. The first-order valence-corrected chi connectivity index (χ1v) is 4.34. The zero-order chi connectivity index (χ0) is 13.2. The van der Waals surface area contributed by atoms with Gasteiger partial charge in [-0.1, -0.05) is 0 Å². The molecule has 3 nitrogen and oxygen atoms in total. The molecule has 1 aromatic heterocycles. The monoisotopic (exact) mass is 257 g/mol. The number of halogens is 5. The number of pyridine rings is 1. The summed E-state index contributed by atoms with van der Waals surface area (Å²) >= 11 is 0. The van der Waals surface area contributed by atoms with Crippen molar-refractivity contribution in [3.8, 4) is 11.5 Å². The number of hydrogen-bond acceptors (Lipinski definition) is 3. The first kappa shape index (κ1) is 13.5. The predicted molar refractivity (Wildman–Crippen MR) is 47.2 cm³/mol. The zero-order valence-electron chi connectivity index (χ0n) is 8.81. The summed E-state index contributed by atoms with van der Waals surface area (Å²) < 4.78 is 69.0. The van der Waals surface area contributed by atoms with Gasteiger partial charge in [0, 0.05) is 6.07 Å². The Hall–Kier alpha value is -1.60. The van der Waals surface area contributed by atoms with Crippen LogP contribution in [-0.2, 0) is 0 Å². The summed E-state index contributed by atoms with van der Waals surface area (Å²) in [6, 6.07) is 0.733. The molecule has 0 fully saturated rings. The minimum absolute atomic E-state index is 0.0531. The Morgan fingerprint density at radius 2 is 1.82 bits per heavy atom. The number of hydrogen-bond donors (Lipinski definition) is 0. The predicted octanol–water partition coefficient (Wildman–Crippen LogP) is 3.23. The summed E-state index contributed by atoms with van der Waals surface area (Å²) in [6.07, 6.45) is -8.23. The molecule has 0 saturated heterocycles. The lowest BCUT2D eigenvalue weighted by Gasteiger charge is -2.14. The summed E-state index contributed by atoms with van der Waals surface area (Å²) in [6.45, 7) is 1.34. The van der Waals surface area contributed by atoms with Crippen molar-refractivity contribution in [3.05, 3.63) is 17.5 Å². The number of methoxy groups -OCH3 is 1. The Kier molecular flexibility index (Phi) is 3.74. The van der Waals surface area contributed by atoms with Crippen LogP contribution in [0.4, 0.5) is 22.0 Å². The van der Waals surface area contributed by atoms with Crippen molar-refractivity contribution in [3.63, 3.8) is 0 Å². The van der Waals surface area contributed by atoms with Gasteiger partial charge >= 0.3 is 6.36 Å². The molecular weight excluding hydrogens is 249 g/mol. The Labute approximate surface area is 93.2 Å². The highest BCUT2D eigenvalue weighted by Gasteiger charge is 2.34. The van der Waals surface area contributed by atoms with Gasteiger partial charge in [-0.05, 0) is 6.92 Å². The van der Waals surface area contributed by atoms with Gasteiger partial charge in [0.1, 0.15) is 11.4 Å². The summed E-state index contributed by atoms with van der Waals surface area (Å²) in [5, 5.41) is 0. The second kappa shape index (κ2) is 4.72. The summed E-state index contributed by atoms with van der Waals surface area (Å²) in [7, 11) is 1.18. The van der Waals surface area contributed by atoms with Gasteiger partial charge in [-0.15, -0.1) is 13.2 Å². The molecule has 96 valence electrons. The van der Waals surface area contributed by atoms with E-state index in [-0.39, 0.29) is 11.4 Å². The van der Waals surface area contributed by atoms with Crippen molar-refractivity contribution in [2.75, 3.05) is 7.11 Å². The Balaban J connectivity index is 3.24. The number of nitrogens with zero attached hydrogens (tertiary/aromatic N) is 1. The second-order valence-corrected chi connectivity index (χ2v) is 3.01. The molecule has 0 aliphatic rings. The molecule has 17 heavy (non-hydrogen) atoms. The van der Waals surface area contributed by atoms with E-state index in [4.69, 9.17) is 0 Å². The highest BCUT2D eigenvalue weighted by Crippen LogP contribution is 2.35. The number of ether oxygens (including phenoxy) is 2. The maximum absolute atomic E-state index is 12.5. The van der Waals surface area contributed by atoms with E-state index in [0.717, 1.165) is 6.07 Å². The van der Waals surface area contributed by atoms with Gasteiger partial charge < -0.3 is 9.47 Å². The van der Waals surface area contributed by atoms with Crippen LogP contribution in [0.15, 0.2) is 6.07 Å². The van der Waals surface area contributed by atoms with Crippen molar-refractivity contribution < 1.29 is 31.4 Å². The van der Waals surface area contributed by atoms with E-state index in [9.17, 15) is 22.0 Å². The van der Waals surface area contributed by atoms with Crippen LogP contribution < -0.4 is 9.47 Å². The van der Waals surface area contributed by atoms with E-state index in [1.807, 2.05) is 0 Å². The van der Waals surface area contributed by atoms with E-state index in [2.05, 4.69) is 14.5 Å². The van der Waals surface area contributed by atoms with Gasteiger partial charge in [-0.3, -0.25) is 0 Å². The van der Waals surface area contributed by atoms with E-state index in [0.29, 0.717) is 0 Å². The number of rotatable bonds is 3. The van der Waals surface area contributed by atoms with Crippen LogP contribution in [0.2, 0.25) is 0 Å². The Morgan fingerprint density at radius 1 is 1.24 bits per heavy atom. The van der Waals surface area contributed by atoms with Crippen LogP contribution in [0, 0.1) is 6.92 Å². The molecule has 1 rings (SSSR count). The average molecular weight is 257 g/mol. The van der Waals surface area contributed by atoms with E-state index < -0.39 is 24.2 Å². The smallest absolute Gasteiger partial charge is 0.495 e. The van der Waals surface area contributed by atoms with Gasteiger partial charge in [0.2, 0.25) is 0 Å². The molecule has 1 aromatic rings. The molecule has 0 aliphatic heterocycles. The van der Waals surface area contributed by atoms with Crippen molar-refractivity contribution in [2.24, 2.45) is 0 Å². The van der Waals surface area contributed by atoms with Crippen LogP contribution in [0.3, 0.4) is 0 Å². The highest BCUT2D eigenvalue weighted by molar-refractivity contribution is 5.40. The summed E-state index contributed by atoms with van der Waals surface area (Å²) in [4.78, 5) is 3.33. The zero-order valence-corrected chi connectivity index (χ0v) is 8.81. The molecule has 8 heteroatoms. The SMILES string of the molecule is COc1cc(OC(F)(F)F)c(C(F)F)nc1C. The molecule has 0 bridgehead atoms. The average Bonchev–Trinajstić information content (AvgIpc) is 2.17. The molecule has 0 N–H and O–H groups in total. The molecule has 0 unspecified atom stereocenters. The fraction of sp³-hybridized carbons (Fsp3) is 0.444. The summed E-state index contributed by atoms with van der Waals surface area (Å²) in [5.41, 5.74) is -1.02. The van der Waals surface area contributed by atoms with Gasteiger partial charge in [0.25, 0.3) is 6.43 Å². The topological polar surface area (TPSA) is 31.4 Å². The normalized spacial score (nSPS) is 11.8. The quantitative estimate of drug-likeness (QED) is 0.779. The minimum Gasteiger partial charge on any atom is -0.495 e. The van der Waals surface area contributed by atoms with Gasteiger partial charge in [-0.25, -0.2) is 13.8 Å². The number of aryl methyl sites for hydroxylation is 1. The third-order valence-corrected chi connectivity index (χ3v) is 1.81. The molecular formula is C9H8F5NO2. The molecule has 0 radical (unpaired) electrons. The van der Waals surface area contributed by atoms with Crippen LogP contribution >= 0.6 is 0 Å². The van der Waals surface area contributed by atoms with E-state index in [1.165, 1.54) is 14.0 Å². The van der Waals surface area contributed by atoms with Crippen LogP contribution in [0.25, 0.3) is 0 Å². The largest absolute Gasteiger partial charge is 0.573 e. The maximum Gasteiger partial charge on any atom is 0.573 e. The van der Waals surface area contributed by atoms with Gasteiger partial charge in [-0.2, -0.15) is 0 Å². The van der Waals surface area contributed by atoms with Crippen molar-refractivity contribution in [2.45, 2.75) is 19.7 Å².